The highest BCUT2D eigenvalue weighted by Crippen LogP contribution is 2.15. The predicted molar refractivity (Wildman–Crippen MR) is 88.6 cm³/mol. The van der Waals surface area contributed by atoms with E-state index in [-0.39, 0.29) is 11.8 Å². The van der Waals surface area contributed by atoms with E-state index in [1.54, 1.807) is 17.1 Å². The van der Waals surface area contributed by atoms with Gasteiger partial charge in [0.15, 0.2) is 0 Å². The van der Waals surface area contributed by atoms with E-state index in [1.807, 2.05) is 31.9 Å². The molecular weight excluding hydrogens is 306 g/mol. The maximum absolute atomic E-state index is 12.7. The van der Waals surface area contributed by atoms with Crippen LogP contribution in [0.1, 0.15) is 27.6 Å². The van der Waals surface area contributed by atoms with Gasteiger partial charge >= 0.3 is 0 Å². The Bertz CT molecular complexity index is 707. The second-order valence-corrected chi connectivity index (χ2v) is 6.37. The molecule has 0 aliphatic carbocycles. The van der Waals surface area contributed by atoms with Gasteiger partial charge in [-0.3, -0.25) is 9.48 Å². The SMILES string of the molecule is Cc1cc(C)nc(CC2COCCN(C(=O)c3cnn(C)c3)C2)n1. The van der Waals surface area contributed by atoms with E-state index in [9.17, 15) is 4.79 Å². The van der Waals surface area contributed by atoms with Gasteiger partial charge in [-0.05, 0) is 19.9 Å². The van der Waals surface area contributed by atoms with Crippen LogP contribution in [0.4, 0.5) is 0 Å². The Hall–Kier alpha value is -2.28. The van der Waals surface area contributed by atoms with Crippen LogP contribution in [0, 0.1) is 19.8 Å². The summed E-state index contributed by atoms with van der Waals surface area (Å²) in [6, 6.07) is 1.96. The molecule has 1 amide bonds. The first-order valence-electron chi connectivity index (χ1n) is 8.18. The summed E-state index contributed by atoms with van der Waals surface area (Å²) in [4.78, 5) is 23.5. The highest BCUT2D eigenvalue weighted by Gasteiger charge is 2.25. The smallest absolute Gasteiger partial charge is 0.257 e. The largest absolute Gasteiger partial charge is 0.379 e. The highest BCUT2D eigenvalue weighted by atomic mass is 16.5. The third-order valence-corrected chi connectivity index (χ3v) is 4.08. The van der Waals surface area contributed by atoms with Crippen LogP contribution in [-0.4, -0.2) is 56.9 Å². The van der Waals surface area contributed by atoms with E-state index in [4.69, 9.17) is 4.74 Å². The fourth-order valence-electron chi connectivity index (χ4n) is 3.05. The van der Waals surface area contributed by atoms with Gasteiger partial charge in [0, 0.05) is 50.1 Å². The van der Waals surface area contributed by atoms with Crippen molar-refractivity contribution in [2.45, 2.75) is 20.3 Å². The van der Waals surface area contributed by atoms with Crippen molar-refractivity contribution in [2.75, 3.05) is 26.3 Å². The molecule has 7 heteroatoms. The van der Waals surface area contributed by atoms with Crippen molar-refractivity contribution in [3.63, 3.8) is 0 Å². The van der Waals surface area contributed by atoms with Crippen molar-refractivity contribution < 1.29 is 9.53 Å². The molecule has 1 atom stereocenters. The zero-order chi connectivity index (χ0) is 17.1. The molecule has 1 fully saturated rings. The van der Waals surface area contributed by atoms with Gasteiger partial charge in [0.25, 0.3) is 5.91 Å². The molecule has 7 nitrogen and oxygen atoms in total. The number of carbonyl (C=O) groups is 1. The molecule has 0 aromatic carbocycles. The van der Waals surface area contributed by atoms with Gasteiger partial charge < -0.3 is 9.64 Å². The average molecular weight is 329 g/mol. The minimum Gasteiger partial charge on any atom is -0.379 e. The van der Waals surface area contributed by atoms with Crippen LogP contribution in [0.3, 0.4) is 0 Å². The summed E-state index contributed by atoms with van der Waals surface area (Å²) in [5.41, 5.74) is 2.55. The van der Waals surface area contributed by atoms with Crippen molar-refractivity contribution in [3.05, 3.63) is 41.2 Å². The van der Waals surface area contributed by atoms with Crippen LogP contribution < -0.4 is 0 Å². The van der Waals surface area contributed by atoms with Gasteiger partial charge in [0.2, 0.25) is 0 Å². The molecule has 1 saturated heterocycles. The summed E-state index contributed by atoms with van der Waals surface area (Å²) in [5, 5.41) is 4.08. The maximum atomic E-state index is 12.7. The topological polar surface area (TPSA) is 73.1 Å². The molecule has 0 bridgehead atoms. The van der Waals surface area contributed by atoms with Gasteiger partial charge in [0.05, 0.1) is 25.0 Å². The number of ether oxygens (including phenoxy) is 1. The fourth-order valence-corrected chi connectivity index (χ4v) is 3.05. The number of nitrogens with zero attached hydrogens (tertiary/aromatic N) is 5. The predicted octanol–water partition coefficient (Wildman–Crippen LogP) is 1.16. The van der Waals surface area contributed by atoms with Gasteiger partial charge in [-0.25, -0.2) is 9.97 Å². The van der Waals surface area contributed by atoms with E-state index in [2.05, 4.69) is 15.1 Å². The molecule has 128 valence electrons. The lowest BCUT2D eigenvalue weighted by molar-refractivity contribution is 0.0737. The third kappa shape index (κ3) is 3.97. The molecule has 2 aromatic rings. The normalized spacial score (nSPS) is 18.5. The van der Waals surface area contributed by atoms with Crippen LogP contribution in [0.25, 0.3) is 0 Å². The number of carbonyl (C=O) groups excluding carboxylic acids is 1. The number of aromatic nitrogens is 4. The van der Waals surface area contributed by atoms with Gasteiger partial charge in [0.1, 0.15) is 5.82 Å². The summed E-state index contributed by atoms with van der Waals surface area (Å²) in [6.45, 7) is 6.35. The summed E-state index contributed by atoms with van der Waals surface area (Å²) < 4.78 is 7.33. The lowest BCUT2D eigenvalue weighted by Crippen LogP contribution is -2.36. The number of aryl methyl sites for hydroxylation is 3. The quantitative estimate of drug-likeness (QED) is 0.845. The molecule has 2 aromatic heterocycles. The molecule has 0 N–H and O–H groups in total. The van der Waals surface area contributed by atoms with Crippen LogP contribution >= 0.6 is 0 Å². The molecule has 24 heavy (non-hydrogen) atoms. The Morgan fingerprint density at radius 2 is 2.08 bits per heavy atom. The number of rotatable bonds is 3. The zero-order valence-corrected chi connectivity index (χ0v) is 14.4. The first-order chi connectivity index (χ1) is 11.5. The number of hydrogen-bond donors (Lipinski definition) is 0. The summed E-state index contributed by atoms with van der Waals surface area (Å²) >= 11 is 0. The standard InChI is InChI=1S/C17H23N5O2/c1-12-6-13(2)20-16(19-12)7-14-9-22(4-5-24-11-14)17(23)15-8-18-21(3)10-15/h6,8,10,14H,4-5,7,9,11H2,1-3H3. The summed E-state index contributed by atoms with van der Waals surface area (Å²) in [7, 11) is 1.81. The number of hydrogen-bond acceptors (Lipinski definition) is 5. The van der Waals surface area contributed by atoms with Crippen molar-refractivity contribution in [1.82, 2.24) is 24.6 Å². The molecule has 0 saturated carbocycles. The lowest BCUT2D eigenvalue weighted by atomic mass is 10.1. The van der Waals surface area contributed by atoms with Crippen LogP contribution in [0.15, 0.2) is 18.5 Å². The van der Waals surface area contributed by atoms with E-state index < -0.39 is 0 Å². The van der Waals surface area contributed by atoms with Crippen molar-refractivity contribution in [2.24, 2.45) is 13.0 Å². The van der Waals surface area contributed by atoms with Crippen LogP contribution in [-0.2, 0) is 18.2 Å². The average Bonchev–Trinajstić information content (AvgIpc) is 2.81. The first-order valence-corrected chi connectivity index (χ1v) is 8.18. The van der Waals surface area contributed by atoms with E-state index in [0.717, 1.165) is 17.2 Å². The molecule has 1 unspecified atom stereocenters. The Morgan fingerprint density at radius 1 is 1.33 bits per heavy atom. The van der Waals surface area contributed by atoms with Gasteiger partial charge in [-0.15, -0.1) is 0 Å². The van der Waals surface area contributed by atoms with Crippen molar-refractivity contribution in [3.8, 4) is 0 Å². The molecule has 3 rings (SSSR count). The zero-order valence-electron chi connectivity index (χ0n) is 14.4. The van der Waals surface area contributed by atoms with Crippen LogP contribution in [0.5, 0.6) is 0 Å². The molecule has 1 aliphatic heterocycles. The molecular formula is C17H23N5O2. The van der Waals surface area contributed by atoms with E-state index in [1.165, 1.54) is 0 Å². The maximum Gasteiger partial charge on any atom is 0.257 e. The number of amides is 1. The van der Waals surface area contributed by atoms with Gasteiger partial charge in [-0.1, -0.05) is 0 Å². The lowest BCUT2D eigenvalue weighted by Gasteiger charge is -2.23. The minimum absolute atomic E-state index is 0.0000545. The highest BCUT2D eigenvalue weighted by molar-refractivity contribution is 5.93. The Morgan fingerprint density at radius 3 is 2.75 bits per heavy atom. The third-order valence-electron chi connectivity index (χ3n) is 4.08. The summed E-state index contributed by atoms with van der Waals surface area (Å²) in [6.07, 6.45) is 4.06. The minimum atomic E-state index is -0.0000545. The monoisotopic (exact) mass is 329 g/mol. The fraction of sp³-hybridized carbons (Fsp3) is 0.529. The molecule has 0 spiro atoms. The second-order valence-electron chi connectivity index (χ2n) is 6.37. The van der Waals surface area contributed by atoms with E-state index in [0.29, 0.717) is 38.3 Å². The summed E-state index contributed by atoms with van der Waals surface area (Å²) in [5.74, 6) is 1.01. The van der Waals surface area contributed by atoms with Crippen molar-refractivity contribution >= 4 is 5.91 Å². The van der Waals surface area contributed by atoms with Gasteiger partial charge in [-0.2, -0.15) is 5.10 Å². The second kappa shape index (κ2) is 7.09. The van der Waals surface area contributed by atoms with E-state index >= 15 is 0 Å². The Kier molecular flexibility index (Phi) is 4.89. The van der Waals surface area contributed by atoms with Crippen molar-refractivity contribution in [1.29, 1.82) is 0 Å². The van der Waals surface area contributed by atoms with Crippen LogP contribution in [0.2, 0.25) is 0 Å². The first kappa shape index (κ1) is 16.6. The Labute approximate surface area is 141 Å². The molecule has 1 aliphatic rings. The molecule has 3 heterocycles. The molecule has 0 radical (unpaired) electrons. The Balaban J connectivity index is 1.71.